The molecule has 0 saturated carbocycles. The number of fused-ring (bicyclic) bond motifs is 1. The van der Waals surface area contributed by atoms with Gasteiger partial charge < -0.3 is 5.32 Å². The van der Waals surface area contributed by atoms with Crippen molar-refractivity contribution in [2.75, 3.05) is 5.32 Å². The molecule has 2 N–H and O–H groups in total. The molecule has 0 aliphatic rings. The van der Waals surface area contributed by atoms with Gasteiger partial charge in [0.15, 0.2) is 5.65 Å². The third kappa shape index (κ3) is 2.78. The van der Waals surface area contributed by atoms with E-state index in [1.807, 2.05) is 36.4 Å². The third-order valence-corrected chi connectivity index (χ3v) is 3.75. The summed E-state index contributed by atoms with van der Waals surface area (Å²) in [6.07, 6.45) is 0. The molecule has 0 atom stereocenters. The van der Waals surface area contributed by atoms with E-state index < -0.39 is 11.5 Å². The number of amides is 1. The van der Waals surface area contributed by atoms with Gasteiger partial charge >= 0.3 is 5.56 Å². The van der Waals surface area contributed by atoms with Crippen molar-refractivity contribution >= 4 is 17.4 Å². The molecule has 0 aliphatic heterocycles. The van der Waals surface area contributed by atoms with E-state index in [1.54, 1.807) is 30.3 Å². The average molecular weight is 331 g/mol. The molecule has 0 unspecified atom stereocenters. The highest BCUT2D eigenvalue weighted by molar-refractivity contribution is 6.03. The number of aromatic nitrogens is 4. The summed E-state index contributed by atoms with van der Waals surface area (Å²) in [6, 6.07) is 19.9. The van der Waals surface area contributed by atoms with Crippen molar-refractivity contribution in [3.63, 3.8) is 0 Å². The molecule has 7 nitrogen and oxygen atoms in total. The first-order chi connectivity index (χ1) is 12.2. The minimum Gasteiger partial charge on any atom is -0.300 e. The minimum atomic E-state index is -0.475. The Morgan fingerprint density at radius 1 is 0.960 bits per heavy atom. The van der Waals surface area contributed by atoms with Crippen LogP contribution in [0.1, 0.15) is 10.4 Å². The summed E-state index contributed by atoms with van der Waals surface area (Å²) in [4.78, 5) is 24.7. The summed E-state index contributed by atoms with van der Waals surface area (Å²) >= 11 is 0. The normalized spacial score (nSPS) is 10.7. The summed E-state index contributed by atoms with van der Waals surface area (Å²) in [7, 11) is 0. The van der Waals surface area contributed by atoms with Crippen LogP contribution in [0.2, 0.25) is 0 Å². The highest BCUT2D eigenvalue weighted by Gasteiger charge is 2.14. The maximum Gasteiger partial charge on any atom is 0.316 e. The number of rotatable bonds is 3. The van der Waals surface area contributed by atoms with Crippen molar-refractivity contribution in [3.8, 4) is 11.3 Å². The molecule has 2 aromatic heterocycles. The van der Waals surface area contributed by atoms with Crippen molar-refractivity contribution in [1.29, 1.82) is 0 Å². The lowest BCUT2D eigenvalue weighted by molar-refractivity contribution is 0.102. The molecule has 0 spiro atoms. The highest BCUT2D eigenvalue weighted by Crippen LogP contribution is 2.17. The zero-order chi connectivity index (χ0) is 17.2. The van der Waals surface area contributed by atoms with E-state index in [0.29, 0.717) is 11.2 Å². The first-order valence-electron chi connectivity index (χ1n) is 7.62. The number of H-pyrrole nitrogens is 1. The standard InChI is InChI=1S/C18H13N5O2/c24-17(13-9-5-2-6-10-13)19-16-18(25)23-15(20-21-16)11-14(22-23)12-7-3-1-4-8-12/h1-11,22H,(H,19,21,24). The molecular weight excluding hydrogens is 318 g/mol. The number of benzene rings is 2. The van der Waals surface area contributed by atoms with Crippen LogP contribution in [-0.4, -0.2) is 25.7 Å². The second-order valence-corrected chi connectivity index (χ2v) is 5.40. The number of nitrogens with zero attached hydrogens (tertiary/aromatic N) is 3. The van der Waals surface area contributed by atoms with Crippen LogP contribution in [0.5, 0.6) is 0 Å². The molecule has 1 amide bonds. The number of aromatic amines is 1. The van der Waals surface area contributed by atoms with Crippen LogP contribution < -0.4 is 10.9 Å². The quantitative estimate of drug-likeness (QED) is 0.603. The number of carbonyl (C=O) groups excluding carboxylic acids is 1. The second kappa shape index (κ2) is 6.04. The molecule has 4 aromatic rings. The molecular formula is C18H13N5O2. The predicted molar refractivity (Wildman–Crippen MR) is 93.4 cm³/mol. The highest BCUT2D eigenvalue weighted by atomic mass is 16.2. The number of carbonyl (C=O) groups is 1. The number of nitrogens with one attached hydrogen (secondary N) is 2. The monoisotopic (exact) mass is 331 g/mol. The van der Waals surface area contributed by atoms with Crippen molar-refractivity contribution in [2.45, 2.75) is 0 Å². The second-order valence-electron chi connectivity index (χ2n) is 5.40. The summed E-state index contributed by atoms with van der Waals surface area (Å²) in [5.74, 6) is -0.547. The van der Waals surface area contributed by atoms with Gasteiger partial charge in [0, 0.05) is 11.6 Å². The molecule has 7 heteroatoms. The van der Waals surface area contributed by atoms with E-state index in [9.17, 15) is 9.59 Å². The van der Waals surface area contributed by atoms with Crippen molar-refractivity contribution in [1.82, 2.24) is 19.8 Å². The van der Waals surface area contributed by atoms with Crippen LogP contribution in [0, 0.1) is 0 Å². The average Bonchev–Trinajstić information content (AvgIpc) is 3.11. The van der Waals surface area contributed by atoms with Gasteiger partial charge in [-0.2, -0.15) is 4.52 Å². The Kier molecular flexibility index (Phi) is 3.59. The lowest BCUT2D eigenvalue weighted by Gasteiger charge is -2.03. The molecule has 2 heterocycles. The lowest BCUT2D eigenvalue weighted by atomic mass is 10.2. The Morgan fingerprint density at radius 3 is 2.36 bits per heavy atom. The number of hydrogen-bond donors (Lipinski definition) is 2. The molecule has 0 bridgehead atoms. The maximum atomic E-state index is 12.6. The summed E-state index contributed by atoms with van der Waals surface area (Å²) in [5.41, 5.74) is 1.99. The van der Waals surface area contributed by atoms with E-state index in [-0.39, 0.29) is 5.82 Å². The molecule has 0 radical (unpaired) electrons. The van der Waals surface area contributed by atoms with Gasteiger partial charge in [-0.1, -0.05) is 48.5 Å². The Hall–Kier alpha value is -3.74. The van der Waals surface area contributed by atoms with Gasteiger partial charge in [-0.25, -0.2) is 0 Å². The fourth-order valence-corrected chi connectivity index (χ4v) is 2.50. The van der Waals surface area contributed by atoms with Gasteiger partial charge in [0.25, 0.3) is 5.91 Å². The Labute approximate surface area is 141 Å². The van der Waals surface area contributed by atoms with Gasteiger partial charge in [0.1, 0.15) is 0 Å². The molecule has 2 aromatic carbocycles. The van der Waals surface area contributed by atoms with Crippen LogP contribution in [-0.2, 0) is 0 Å². The Balaban J connectivity index is 1.71. The SMILES string of the molecule is O=C(Nc1nnc2cc(-c3ccccc3)[nH]n2c1=O)c1ccccc1. The first-order valence-corrected chi connectivity index (χ1v) is 7.62. The first kappa shape index (κ1) is 14.8. The number of hydrogen-bond acceptors (Lipinski definition) is 4. The topological polar surface area (TPSA) is 92.2 Å². The fourth-order valence-electron chi connectivity index (χ4n) is 2.50. The summed E-state index contributed by atoms with van der Waals surface area (Å²) in [6.45, 7) is 0. The van der Waals surface area contributed by atoms with Crippen LogP contribution in [0.4, 0.5) is 5.82 Å². The van der Waals surface area contributed by atoms with Gasteiger partial charge in [-0.05, 0) is 17.7 Å². The van der Waals surface area contributed by atoms with E-state index in [0.717, 1.165) is 11.3 Å². The Bertz CT molecular complexity index is 1100. The maximum absolute atomic E-state index is 12.6. The molecule has 0 fully saturated rings. The van der Waals surface area contributed by atoms with Crippen LogP contribution in [0.3, 0.4) is 0 Å². The van der Waals surface area contributed by atoms with E-state index >= 15 is 0 Å². The summed E-state index contributed by atoms with van der Waals surface area (Å²) < 4.78 is 1.26. The third-order valence-electron chi connectivity index (χ3n) is 3.75. The van der Waals surface area contributed by atoms with Crippen molar-refractivity contribution < 1.29 is 4.79 Å². The largest absolute Gasteiger partial charge is 0.316 e. The smallest absolute Gasteiger partial charge is 0.300 e. The van der Waals surface area contributed by atoms with Gasteiger partial charge in [-0.15, -0.1) is 10.2 Å². The fraction of sp³-hybridized carbons (Fsp3) is 0. The van der Waals surface area contributed by atoms with Gasteiger partial charge in [0.05, 0.1) is 5.69 Å². The Morgan fingerprint density at radius 2 is 1.64 bits per heavy atom. The summed E-state index contributed by atoms with van der Waals surface area (Å²) in [5, 5.41) is 13.3. The van der Waals surface area contributed by atoms with E-state index in [4.69, 9.17) is 0 Å². The number of anilines is 1. The predicted octanol–water partition coefficient (Wildman–Crippen LogP) is 2.34. The van der Waals surface area contributed by atoms with Gasteiger partial charge in [0.2, 0.25) is 5.82 Å². The minimum absolute atomic E-state index is 0.132. The van der Waals surface area contributed by atoms with Crippen LogP contribution in [0.15, 0.2) is 71.5 Å². The zero-order valence-corrected chi connectivity index (χ0v) is 13.0. The molecule has 0 saturated heterocycles. The van der Waals surface area contributed by atoms with E-state index in [1.165, 1.54) is 4.52 Å². The van der Waals surface area contributed by atoms with Gasteiger partial charge in [-0.3, -0.25) is 14.7 Å². The van der Waals surface area contributed by atoms with E-state index in [2.05, 4.69) is 20.6 Å². The molecule has 25 heavy (non-hydrogen) atoms. The zero-order valence-electron chi connectivity index (χ0n) is 13.0. The van der Waals surface area contributed by atoms with Crippen LogP contribution in [0.25, 0.3) is 16.9 Å². The molecule has 4 rings (SSSR count). The van der Waals surface area contributed by atoms with Crippen molar-refractivity contribution in [3.05, 3.63) is 82.6 Å². The molecule has 0 aliphatic carbocycles. The van der Waals surface area contributed by atoms with Crippen molar-refractivity contribution in [2.24, 2.45) is 0 Å². The lowest BCUT2D eigenvalue weighted by Crippen LogP contribution is -2.25. The molecule has 122 valence electrons. The van der Waals surface area contributed by atoms with Crippen LogP contribution >= 0.6 is 0 Å².